The highest BCUT2D eigenvalue weighted by atomic mass is 19.1. The first-order valence-corrected chi connectivity index (χ1v) is 11.5. The van der Waals surface area contributed by atoms with Gasteiger partial charge in [-0.05, 0) is 61.0 Å². The third kappa shape index (κ3) is 4.04. The van der Waals surface area contributed by atoms with Crippen molar-refractivity contribution in [3.05, 3.63) is 89.9 Å². The molecule has 4 aromatic rings. The third-order valence-electron chi connectivity index (χ3n) is 6.67. The summed E-state index contributed by atoms with van der Waals surface area (Å²) in [5.41, 5.74) is 0.491. The minimum atomic E-state index is -1.77. The largest absolute Gasteiger partial charge is 0.490 e. The lowest BCUT2D eigenvalue weighted by atomic mass is 9.75. The fourth-order valence-corrected chi connectivity index (χ4v) is 4.64. The Kier molecular flexibility index (Phi) is 5.88. The van der Waals surface area contributed by atoms with Crippen LogP contribution in [0, 0.1) is 5.82 Å². The zero-order valence-electron chi connectivity index (χ0n) is 19.8. The van der Waals surface area contributed by atoms with Crippen LogP contribution in [-0.2, 0) is 10.2 Å². The maximum absolute atomic E-state index is 13.6. The number of aromatic amines is 1. The van der Waals surface area contributed by atoms with Gasteiger partial charge >= 0.3 is 5.97 Å². The standard InChI is InChI=1S/C28H25FN2O5/c1-28(27(33)34,22-4-3-5-23-21(22)12-13-30-23)26(32)17-6-9-19(10-7-17)35-16-20-15-31(2)24-11-8-18(29)14-25(24)36-20/h3-14,20,30H,15-16H2,1-2H3,(H,33,34)/t20-,28?/m0/s1. The molecule has 1 unspecified atom stereocenters. The van der Waals surface area contributed by atoms with E-state index in [9.17, 15) is 19.1 Å². The van der Waals surface area contributed by atoms with Gasteiger partial charge in [0, 0.05) is 35.8 Å². The molecular weight excluding hydrogens is 463 g/mol. The number of fused-ring (bicyclic) bond motifs is 2. The van der Waals surface area contributed by atoms with Crippen LogP contribution in [0.1, 0.15) is 22.8 Å². The average molecular weight is 489 g/mol. The van der Waals surface area contributed by atoms with Crippen LogP contribution < -0.4 is 14.4 Å². The van der Waals surface area contributed by atoms with Gasteiger partial charge in [-0.15, -0.1) is 0 Å². The Labute approximate surface area is 207 Å². The van der Waals surface area contributed by atoms with Gasteiger partial charge in [-0.25, -0.2) is 4.39 Å². The van der Waals surface area contributed by atoms with E-state index < -0.39 is 17.2 Å². The SMILES string of the molecule is CN1C[C@@H](COc2ccc(C(=O)C(C)(C(=O)O)c3cccc4[nH]ccc34)cc2)Oc2cc(F)ccc21. The number of ether oxygens (including phenoxy) is 2. The van der Waals surface area contributed by atoms with E-state index in [1.165, 1.54) is 19.1 Å². The second kappa shape index (κ2) is 9.03. The van der Waals surface area contributed by atoms with Crippen LogP contribution in [0.3, 0.4) is 0 Å². The monoisotopic (exact) mass is 488 g/mol. The topological polar surface area (TPSA) is 91.9 Å². The van der Waals surface area contributed by atoms with E-state index in [0.717, 1.165) is 11.2 Å². The molecule has 0 saturated heterocycles. The number of carboxylic acid groups (broad SMARTS) is 1. The number of halogens is 1. The lowest BCUT2D eigenvalue weighted by Crippen LogP contribution is -2.41. The fraction of sp³-hybridized carbons (Fsp3) is 0.214. The van der Waals surface area contributed by atoms with Gasteiger partial charge in [-0.1, -0.05) is 12.1 Å². The van der Waals surface area contributed by atoms with Gasteiger partial charge in [-0.3, -0.25) is 9.59 Å². The fourth-order valence-electron chi connectivity index (χ4n) is 4.64. The van der Waals surface area contributed by atoms with Crippen molar-refractivity contribution < 1.29 is 28.6 Å². The normalized spacial score (nSPS) is 16.6. The molecule has 5 rings (SSSR count). The number of carbonyl (C=O) groups is 2. The van der Waals surface area contributed by atoms with Crippen LogP contribution in [0.5, 0.6) is 11.5 Å². The Bertz CT molecular complexity index is 1450. The van der Waals surface area contributed by atoms with E-state index in [1.807, 2.05) is 18.0 Å². The minimum absolute atomic E-state index is 0.218. The Morgan fingerprint density at radius 2 is 1.94 bits per heavy atom. The molecule has 1 aromatic heterocycles. The molecule has 36 heavy (non-hydrogen) atoms. The Balaban J connectivity index is 1.32. The molecule has 0 radical (unpaired) electrons. The summed E-state index contributed by atoms with van der Waals surface area (Å²) in [5, 5.41) is 10.8. The number of ketones is 1. The van der Waals surface area contributed by atoms with Crippen LogP contribution in [0.2, 0.25) is 0 Å². The molecule has 3 aromatic carbocycles. The van der Waals surface area contributed by atoms with Crippen molar-refractivity contribution >= 4 is 28.3 Å². The minimum Gasteiger partial charge on any atom is -0.490 e. The summed E-state index contributed by atoms with van der Waals surface area (Å²) < 4.78 is 25.4. The van der Waals surface area contributed by atoms with Crippen LogP contribution in [0.4, 0.5) is 10.1 Å². The van der Waals surface area contributed by atoms with Gasteiger partial charge in [0.2, 0.25) is 0 Å². The van der Waals surface area contributed by atoms with Crippen LogP contribution in [0.15, 0.2) is 72.9 Å². The van der Waals surface area contributed by atoms with Crippen molar-refractivity contribution in [2.45, 2.75) is 18.4 Å². The first kappa shape index (κ1) is 23.4. The van der Waals surface area contributed by atoms with Crippen molar-refractivity contribution in [1.29, 1.82) is 0 Å². The molecule has 0 spiro atoms. The number of carbonyl (C=O) groups excluding carboxylic acids is 1. The van der Waals surface area contributed by atoms with E-state index in [-0.39, 0.29) is 24.1 Å². The number of nitrogens with zero attached hydrogens (tertiary/aromatic N) is 1. The average Bonchev–Trinajstić information content (AvgIpc) is 3.35. The first-order valence-electron chi connectivity index (χ1n) is 11.5. The van der Waals surface area contributed by atoms with Gasteiger partial charge in [0.05, 0.1) is 12.2 Å². The van der Waals surface area contributed by atoms with Gasteiger partial charge in [-0.2, -0.15) is 0 Å². The molecule has 184 valence electrons. The van der Waals surface area contributed by atoms with Crippen molar-refractivity contribution in [2.24, 2.45) is 0 Å². The summed E-state index contributed by atoms with van der Waals surface area (Å²) in [6.45, 7) is 2.22. The van der Waals surface area contributed by atoms with Gasteiger partial charge < -0.3 is 24.5 Å². The number of likely N-dealkylation sites (N-methyl/N-ethyl adjacent to an activating group) is 1. The van der Waals surface area contributed by atoms with Crippen molar-refractivity contribution in [1.82, 2.24) is 4.98 Å². The number of hydrogen-bond acceptors (Lipinski definition) is 5. The highest BCUT2D eigenvalue weighted by molar-refractivity contribution is 6.18. The molecule has 2 N–H and O–H groups in total. The number of aliphatic carboxylic acids is 1. The number of hydrogen-bond donors (Lipinski definition) is 2. The molecule has 1 aliphatic heterocycles. The highest BCUT2D eigenvalue weighted by Crippen LogP contribution is 2.35. The summed E-state index contributed by atoms with van der Waals surface area (Å²) >= 11 is 0. The third-order valence-corrected chi connectivity index (χ3v) is 6.67. The van der Waals surface area contributed by atoms with Crippen LogP contribution in [-0.4, -0.2) is 48.1 Å². The van der Waals surface area contributed by atoms with Gasteiger partial charge in [0.15, 0.2) is 11.2 Å². The second-order valence-electron chi connectivity index (χ2n) is 9.07. The van der Waals surface area contributed by atoms with Crippen molar-refractivity contribution in [3.8, 4) is 11.5 Å². The predicted molar refractivity (Wildman–Crippen MR) is 134 cm³/mol. The molecular formula is C28H25FN2O5. The Hall–Kier alpha value is -4.33. The molecule has 8 heteroatoms. The summed E-state index contributed by atoms with van der Waals surface area (Å²) in [6.07, 6.45) is 1.40. The number of H-pyrrole nitrogens is 1. The van der Waals surface area contributed by atoms with Gasteiger partial charge in [0.25, 0.3) is 0 Å². The lowest BCUT2D eigenvalue weighted by molar-refractivity contribution is -0.141. The number of aromatic nitrogens is 1. The second-order valence-corrected chi connectivity index (χ2v) is 9.07. The zero-order valence-corrected chi connectivity index (χ0v) is 19.8. The molecule has 2 heterocycles. The van der Waals surface area contributed by atoms with Crippen LogP contribution in [0.25, 0.3) is 10.9 Å². The number of rotatable bonds is 7. The van der Waals surface area contributed by atoms with Crippen molar-refractivity contribution in [2.75, 3.05) is 25.1 Å². The number of benzene rings is 3. The molecule has 0 aliphatic carbocycles. The number of carboxylic acids is 1. The maximum Gasteiger partial charge on any atom is 0.321 e. The van der Waals surface area contributed by atoms with E-state index in [0.29, 0.717) is 29.0 Å². The summed E-state index contributed by atoms with van der Waals surface area (Å²) in [6, 6.07) is 17.8. The zero-order chi connectivity index (χ0) is 25.4. The summed E-state index contributed by atoms with van der Waals surface area (Å²) in [5.74, 6) is -1.15. The van der Waals surface area contributed by atoms with Gasteiger partial charge in [0.1, 0.15) is 30.0 Å². The predicted octanol–water partition coefficient (Wildman–Crippen LogP) is 4.81. The molecule has 0 amide bonds. The van der Waals surface area contributed by atoms with Crippen LogP contribution >= 0.6 is 0 Å². The smallest absolute Gasteiger partial charge is 0.321 e. The molecule has 2 atom stereocenters. The lowest BCUT2D eigenvalue weighted by Gasteiger charge is -2.33. The molecule has 1 aliphatic rings. The van der Waals surface area contributed by atoms with Crippen molar-refractivity contribution in [3.63, 3.8) is 0 Å². The number of nitrogens with one attached hydrogen (secondary N) is 1. The summed E-state index contributed by atoms with van der Waals surface area (Å²) in [7, 11) is 1.90. The Morgan fingerprint density at radius 3 is 2.69 bits per heavy atom. The molecule has 0 bridgehead atoms. The highest BCUT2D eigenvalue weighted by Gasteiger charge is 2.44. The summed E-state index contributed by atoms with van der Waals surface area (Å²) in [4.78, 5) is 30.9. The molecule has 0 saturated carbocycles. The quantitative estimate of drug-likeness (QED) is 0.287. The first-order chi connectivity index (χ1) is 17.3. The Morgan fingerprint density at radius 1 is 1.17 bits per heavy atom. The van der Waals surface area contributed by atoms with E-state index in [2.05, 4.69) is 4.98 Å². The maximum atomic E-state index is 13.6. The van der Waals surface area contributed by atoms with E-state index >= 15 is 0 Å². The number of Topliss-reactive ketones (excluding diaryl/α,β-unsaturated/α-hetero) is 1. The molecule has 0 fully saturated rings. The number of anilines is 1. The van der Waals surface area contributed by atoms with E-state index in [1.54, 1.807) is 54.7 Å². The van der Waals surface area contributed by atoms with E-state index in [4.69, 9.17) is 9.47 Å². The molecule has 7 nitrogen and oxygen atoms in total.